The maximum absolute atomic E-state index is 12.2. The van der Waals surface area contributed by atoms with Gasteiger partial charge in [0.05, 0.1) is 0 Å². The normalized spacial score (nSPS) is 21.5. The molecule has 0 aromatic heterocycles. The average Bonchev–Trinajstić information content (AvgIpc) is 3.11. The van der Waals surface area contributed by atoms with Crippen molar-refractivity contribution in [3.05, 3.63) is 23.9 Å². The van der Waals surface area contributed by atoms with Gasteiger partial charge in [-0.15, -0.1) is 0 Å². The molecule has 98 valence electrons. The van der Waals surface area contributed by atoms with Crippen LogP contribution in [-0.2, 0) is 9.59 Å². The van der Waals surface area contributed by atoms with Gasteiger partial charge < -0.3 is 10.6 Å². The van der Waals surface area contributed by atoms with Gasteiger partial charge in [-0.25, -0.2) is 0 Å². The average molecular weight is 248 g/mol. The Balaban J connectivity index is 2.04. The van der Waals surface area contributed by atoms with Gasteiger partial charge in [0.15, 0.2) is 0 Å². The number of rotatable bonds is 5. The lowest BCUT2D eigenvalue weighted by atomic mass is 10.0. The van der Waals surface area contributed by atoms with Gasteiger partial charge in [0.25, 0.3) is 0 Å². The van der Waals surface area contributed by atoms with Crippen LogP contribution in [0.25, 0.3) is 0 Å². The molecule has 0 bridgehead atoms. The van der Waals surface area contributed by atoms with Gasteiger partial charge in [-0.3, -0.25) is 9.59 Å². The van der Waals surface area contributed by atoms with E-state index in [1.54, 1.807) is 6.20 Å². The minimum absolute atomic E-state index is 0.0266. The third kappa shape index (κ3) is 3.00. The predicted molar refractivity (Wildman–Crippen MR) is 69.3 cm³/mol. The Labute approximate surface area is 108 Å². The van der Waals surface area contributed by atoms with Crippen LogP contribution in [0, 0.1) is 5.92 Å². The van der Waals surface area contributed by atoms with E-state index in [0.29, 0.717) is 12.8 Å². The molecule has 4 nitrogen and oxygen atoms in total. The van der Waals surface area contributed by atoms with Gasteiger partial charge in [-0.2, -0.15) is 0 Å². The summed E-state index contributed by atoms with van der Waals surface area (Å²) < 4.78 is 0. The topological polar surface area (TPSA) is 63.4 Å². The first-order valence-corrected chi connectivity index (χ1v) is 6.58. The van der Waals surface area contributed by atoms with E-state index >= 15 is 0 Å². The van der Waals surface area contributed by atoms with Crippen LogP contribution in [0.5, 0.6) is 0 Å². The smallest absolute Gasteiger partial charge is 0.240 e. The van der Waals surface area contributed by atoms with Crippen LogP contribution in [0.4, 0.5) is 0 Å². The molecule has 1 aliphatic carbocycles. The quantitative estimate of drug-likeness (QED) is 0.805. The Morgan fingerprint density at radius 3 is 2.83 bits per heavy atom. The summed E-state index contributed by atoms with van der Waals surface area (Å²) in [4.78, 5) is 25.0. The highest BCUT2D eigenvalue weighted by Gasteiger charge is 2.28. The molecule has 2 rings (SSSR count). The Morgan fingerprint density at radius 1 is 1.56 bits per heavy atom. The summed E-state index contributed by atoms with van der Waals surface area (Å²) in [5.41, 5.74) is 6.50. The van der Waals surface area contributed by atoms with Crippen molar-refractivity contribution in [1.29, 1.82) is 0 Å². The van der Waals surface area contributed by atoms with Gasteiger partial charge in [0, 0.05) is 12.6 Å². The Bertz CT molecular complexity index is 408. The minimum atomic E-state index is -0.526. The maximum Gasteiger partial charge on any atom is 0.240 e. The lowest BCUT2D eigenvalue weighted by Crippen LogP contribution is -2.44. The molecule has 1 fully saturated rings. The fourth-order valence-electron chi connectivity index (χ4n) is 2.35. The molecule has 1 saturated carbocycles. The van der Waals surface area contributed by atoms with E-state index in [1.165, 1.54) is 23.3 Å². The number of amides is 2. The molecule has 1 unspecified atom stereocenters. The molecule has 2 N–H and O–H groups in total. The number of allylic oxidation sites excluding steroid dienone is 2. The number of hydrogen-bond donors (Lipinski definition) is 1. The van der Waals surface area contributed by atoms with E-state index in [-0.39, 0.29) is 5.91 Å². The molecule has 0 aromatic carbocycles. The molecule has 0 spiro atoms. The SMILES string of the molecule is CCC(C(N)=O)N1C=CC=C(CC2CC2)CC1=O. The summed E-state index contributed by atoms with van der Waals surface area (Å²) in [5.74, 6) is 0.296. The van der Waals surface area contributed by atoms with Crippen molar-refractivity contribution in [1.82, 2.24) is 4.90 Å². The number of nitrogens with two attached hydrogens (primary N) is 1. The molecule has 0 radical (unpaired) electrons. The molecule has 0 aromatic rings. The van der Waals surface area contributed by atoms with Crippen LogP contribution in [-0.4, -0.2) is 22.8 Å². The summed E-state index contributed by atoms with van der Waals surface area (Å²) in [6.45, 7) is 1.86. The van der Waals surface area contributed by atoms with Crippen LogP contribution in [0.3, 0.4) is 0 Å². The van der Waals surface area contributed by atoms with E-state index in [2.05, 4.69) is 0 Å². The molecule has 0 saturated heterocycles. The summed E-state index contributed by atoms with van der Waals surface area (Å²) in [7, 11) is 0. The first kappa shape index (κ1) is 12.9. The zero-order valence-corrected chi connectivity index (χ0v) is 10.8. The lowest BCUT2D eigenvalue weighted by molar-refractivity contribution is -0.135. The second-order valence-corrected chi connectivity index (χ2v) is 5.12. The Morgan fingerprint density at radius 2 is 2.28 bits per heavy atom. The number of primary amides is 1. The van der Waals surface area contributed by atoms with Gasteiger partial charge in [-0.1, -0.05) is 18.6 Å². The highest BCUT2D eigenvalue weighted by Crippen LogP contribution is 2.36. The molecule has 1 heterocycles. The third-order valence-corrected chi connectivity index (χ3v) is 3.54. The minimum Gasteiger partial charge on any atom is -0.368 e. The van der Waals surface area contributed by atoms with Crippen LogP contribution < -0.4 is 5.73 Å². The van der Waals surface area contributed by atoms with Gasteiger partial charge >= 0.3 is 0 Å². The van der Waals surface area contributed by atoms with Crippen molar-refractivity contribution in [2.24, 2.45) is 11.7 Å². The molecular weight excluding hydrogens is 228 g/mol. The Kier molecular flexibility index (Phi) is 3.84. The summed E-state index contributed by atoms with van der Waals surface area (Å²) in [5, 5.41) is 0. The number of carbonyl (C=O) groups excluding carboxylic acids is 2. The van der Waals surface area contributed by atoms with E-state index < -0.39 is 11.9 Å². The van der Waals surface area contributed by atoms with E-state index in [1.807, 2.05) is 19.1 Å². The standard InChI is InChI=1S/C14H20N2O2/c1-2-12(14(15)18)16-7-3-4-11(9-13(16)17)8-10-5-6-10/h3-4,7,10,12H,2,5-6,8-9H2,1H3,(H2,15,18). The molecule has 2 amide bonds. The second kappa shape index (κ2) is 5.38. The largest absolute Gasteiger partial charge is 0.368 e. The van der Waals surface area contributed by atoms with Crippen molar-refractivity contribution in [3.8, 4) is 0 Å². The highest BCUT2D eigenvalue weighted by molar-refractivity contribution is 5.88. The van der Waals surface area contributed by atoms with Crippen LogP contribution >= 0.6 is 0 Å². The molecule has 18 heavy (non-hydrogen) atoms. The van der Waals surface area contributed by atoms with E-state index in [0.717, 1.165) is 12.3 Å². The van der Waals surface area contributed by atoms with Crippen molar-refractivity contribution in [2.45, 2.75) is 45.1 Å². The van der Waals surface area contributed by atoms with Gasteiger partial charge in [0.2, 0.25) is 11.8 Å². The summed E-state index contributed by atoms with van der Waals surface area (Å²) >= 11 is 0. The fraction of sp³-hybridized carbons (Fsp3) is 0.571. The van der Waals surface area contributed by atoms with Crippen LogP contribution in [0.15, 0.2) is 23.9 Å². The fourth-order valence-corrected chi connectivity index (χ4v) is 2.35. The molecule has 4 heteroatoms. The first-order valence-electron chi connectivity index (χ1n) is 6.58. The van der Waals surface area contributed by atoms with Gasteiger partial charge in [-0.05, 0) is 37.7 Å². The zero-order chi connectivity index (χ0) is 13.1. The monoisotopic (exact) mass is 248 g/mol. The van der Waals surface area contributed by atoms with Crippen LogP contribution in [0.1, 0.15) is 39.0 Å². The third-order valence-electron chi connectivity index (χ3n) is 3.54. The second-order valence-electron chi connectivity index (χ2n) is 5.12. The van der Waals surface area contributed by atoms with E-state index in [4.69, 9.17) is 5.73 Å². The Hall–Kier alpha value is -1.58. The number of nitrogens with zero attached hydrogens (tertiary/aromatic N) is 1. The van der Waals surface area contributed by atoms with Crippen molar-refractivity contribution in [3.63, 3.8) is 0 Å². The molecule has 2 aliphatic rings. The molecule has 1 aliphatic heterocycles. The van der Waals surface area contributed by atoms with Crippen molar-refractivity contribution < 1.29 is 9.59 Å². The predicted octanol–water partition coefficient (Wildman–Crippen LogP) is 1.72. The molecular formula is C14H20N2O2. The van der Waals surface area contributed by atoms with Crippen LogP contribution in [0.2, 0.25) is 0 Å². The van der Waals surface area contributed by atoms with E-state index in [9.17, 15) is 9.59 Å². The van der Waals surface area contributed by atoms with Crippen molar-refractivity contribution >= 4 is 11.8 Å². The number of hydrogen-bond acceptors (Lipinski definition) is 2. The summed E-state index contributed by atoms with van der Waals surface area (Å²) in [6.07, 6.45) is 10.1. The number of carbonyl (C=O) groups is 2. The van der Waals surface area contributed by atoms with Crippen molar-refractivity contribution in [2.75, 3.05) is 0 Å². The first-order chi connectivity index (χ1) is 8.61. The summed E-state index contributed by atoms with van der Waals surface area (Å²) in [6, 6.07) is -0.526. The molecule has 1 atom stereocenters. The lowest BCUT2D eigenvalue weighted by Gasteiger charge is -2.25. The highest BCUT2D eigenvalue weighted by atomic mass is 16.2. The zero-order valence-electron chi connectivity index (χ0n) is 10.8. The maximum atomic E-state index is 12.2. The van der Waals surface area contributed by atoms with Gasteiger partial charge in [0.1, 0.15) is 6.04 Å².